The van der Waals surface area contributed by atoms with Gasteiger partial charge in [-0.2, -0.15) is 0 Å². The molecule has 114 valence electrons. The van der Waals surface area contributed by atoms with Crippen LogP contribution < -0.4 is 10.1 Å². The number of aromatic nitrogens is 1. The van der Waals surface area contributed by atoms with Crippen LogP contribution in [0.3, 0.4) is 0 Å². The minimum absolute atomic E-state index is 0.0247. The van der Waals surface area contributed by atoms with Crippen LogP contribution in [0.25, 0.3) is 0 Å². The summed E-state index contributed by atoms with van der Waals surface area (Å²) >= 11 is 5.89. The van der Waals surface area contributed by atoms with Gasteiger partial charge < -0.3 is 10.1 Å². The number of hydrogen-bond donors (Lipinski definition) is 1. The molecule has 1 N–H and O–H groups in total. The summed E-state index contributed by atoms with van der Waals surface area (Å²) in [5.74, 6) is -0.449. The lowest BCUT2D eigenvalue weighted by Gasteiger charge is -2.24. The number of rotatable bonds is 3. The van der Waals surface area contributed by atoms with E-state index < -0.39 is 11.2 Å². The fourth-order valence-corrected chi connectivity index (χ4v) is 2.89. The molecular weight excluding hydrogens is 307 g/mol. The summed E-state index contributed by atoms with van der Waals surface area (Å²) in [7, 11) is 0. The van der Waals surface area contributed by atoms with E-state index in [2.05, 4.69) is 10.3 Å². The maximum atomic E-state index is 13.6. The van der Waals surface area contributed by atoms with Crippen LogP contribution >= 0.6 is 11.6 Å². The molecule has 6 heteroatoms. The van der Waals surface area contributed by atoms with E-state index in [4.69, 9.17) is 16.3 Å². The first-order valence-corrected chi connectivity index (χ1v) is 7.25. The Morgan fingerprint density at radius 2 is 2.18 bits per heavy atom. The van der Waals surface area contributed by atoms with Gasteiger partial charge in [0.15, 0.2) is 0 Å². The zero-order valence-corrected chi connectivity index (χ0v) is 12.9. The SMILES string of the molecule is CCOc1ncccc1C1(C)C(=O)Nc2cc(F)c(Cl)cc21. The van der Waals surface area contributed by atoms with Gasteiger partial charge in [0.2, 0.25) is 11.8 Å². The van der Waals surface area contributed by atoms with Crippen molar-refractivity contribution < 1.29 is 13.9 Å². The van der Waals surface area contributed by atoms with Crippen molar-refractivity contribution in [3.8, 4) is 5.88 Å². The van der Waals surface area contributed by atoms with Crippen LogP contribution in [0, 0.1) is 5.82 Å². The Balaban J connectivity index is 2.23. The van der Waals surface area contributed by atoms with Crippen LogP contribution in [0.4, 0.5) is 10.1 Å². The highest BCUT2D eigenvalue weighted by molar-refractivity contribution is 6.31. The van der Waals surface area contributed by atoms with E-state index in [1.54, 1.807) is 25.3 Å². The number of nitrogens with one attached hydrogen (secondary N) is 1. The topological polar surface area (TPSA) is 51.2 Å². The van der Waals surface area contributed by atoms with E-state index in [0.29, 0.717) is 29.3 Å². The number of amides is 1. The largest absolute Gasteiger partial charge is 0.478 e. The predicted molar refractivity (Wildman–Crippen MR) is 81.9 cm³/mol. The number of carbonyl (C=O) groups is 1. The van der Waals surface area contributed by atoms with Gasteiger partial charge in [0.05, 0.1) is 11.6 Å². The highest BCUT2D eigenvalue weighted by Gasteiger charge is 2.46. The van der Waals surface area contributed by atoms with E-state index in [9.17, 15) is 9.18 Å². The minimum Gasteiger partial charge on any atom is -0.478 e. The summed E-state index contributed by atoms with van der Waals surface area (Å²) in [6.07, 6.45) is 1.60. The van der Waals surface area contributed by atoms with Crippen molar-refractivity contribution in [2.45, 2.75) is 19.3 Å². The number of nitrogens with zero attached hydrogens (tertiary/aromatic N) is 1. The summed E-state index contributed by atoms with van der Waals surface area (Å²) in [6, 6.07) is 6.23. The van der Waals surface area contributed by atoms with Crippen molar-refractivity contribution in [2.75, 3.05) is 11.9 Å². The summed E-state index contributed by atoms with van der Waals surface area (Å²) in [4.78, 5) is 16.8. The molecule has 1 amide bonds. The zero-order chi connectivity index (χ0) is 15.9. The van der Waals surface area contributed by atoms with Crippen LogP contribution in [-0.4, -0.2) is 17.5 Å². The van der Waals surface area contributed by atoms with Crippen molar-refractivity contribution in [1.29, 1.82) is 0 Å². The number of benzene rings is 1. The summed E-state index contributed by atoms with van der Waals surface area (Å²) in [5.41, 5.74) is 0.611. The van der Waals surface area contributed by atoms with Crippen LogP contribution in [0.15, 0.2) is 30.5 Å². The molecule has 0 saturated carbocycles. The van der Waals surface area contributed by atoms with Gasteiger partial charge >= 0.3 is 0 Å². The number of anilines is 1. The molecule has 2 heterocycles. The van der Waals surface area contributed by atoms with Gasteiger partial charge in [-0.3, -0.25) is 4.79 Å². The van der Waals surface area contributed by atoms with Gasteiger partial charge in [0, 0.05) is 17.4 Å². The first-order valence-electron chi connectivity index (χ1n) is 6.87. The standard InChI is InChI=1S/C16H14ClFN2O2/c1-3-22-14-9(5-4-6-19-14)16(2)10-7-11(17)12(18)8-13(10)20-15(16)21/h4-8H,3H2,1-2H3,(H,20,21). The molecule has 2 aromatic rings. The molecule has 1 aliphatic heterocycles. The van der Waals surface area contributed by atoms with Crippen LogP contribution in [0.1, 0.15) is 25.0 Å². The average molecular weight is 321 g/mol. The Hall–Kier alpha value is -2.14. The van der Waals surface area contributed by atoms with Gasteiger partial charge in [-0.15, -0.1) is 0 Å². The molecule has 3 rings (SSSR count). The molecule has 1 aromatic carbocycles. The first-order chi connectivity index (χ1) is 10.5. The average Bonchev–Trinajstić information content (AvgIpc) is 2.73. The van der Waals surface area contributed by atoms with Crippen LogP contribution in [0.2, 0.25) is 5.02 Å². The minimum atomic E-state index is -1.04. The highest BCUT2D eigenvalue weighted by Crippen LogP contribution is 2.46. The molecule has 1 atom stereocenters. The van der Waals surface area contributed by atoms with Gasteiger partial charge in [0.25, 0.3) is 0 Å². The van der Waals surface area contributed by atoms with E-state index in [-0.39, 0.29) is 10.9 Å². The van der Waals surface area contributed by atoms with Gasteiger partial charge in [0.1, 0.15) is 11.2 Å². The van der Waals surface area contributed by atoms with Crippen molar-refractivity contribution in [3.05, 3.63) is 52.4 Å². The quantitative estimate of drug-likeness (QED) is 0.941. The summed E-state index contributed by atoms with van der Waals surface area (Å²) in [6.45, 7) is 4.02. The van der Waals surface area contributed by atoms with Gasteiger partial charge in [-0.25, -0.2) is 9.37 Å². The zero-order valence-electron chi connectivity index (χ0n) is 12.1. The fourth-order valence-electron chi connectivity index (χ4n) is 2.72. The van der Waals surface area contributed by atoms with Crippen molar-refractivity contribution in [1.82, 2.24) is 4.98 Å². The molecule has 0 aliphatic carbocycles. The lowest BCUT2D eigenvalue weighted by atomic mass is 9.77. The Morgan fingerprint density at radius 3 is 2.91 bits per heavy atom. The van der Waals surface area contributed by atoms with Crippen molar-refractivity contribution in [2.24, 2.45) is 0 Å². The molecular formula is C16H14ClFN2O2. The Bertz CT molecular complexity index is 766. The Morgan fingerprint density at radius 1 is 1.41 bits per heavy atom. The Kier molecular flexibility index (Phi) is 3.53. The molecule has 0 fully saturated rings. The second kappa shape index (κ2) is 5.25. The molecule has 0 spiro atoms. The maximum Gasteiger partial charge on any atom is 0.239 e. The van der Waals surface area contributed by atoms with E-state index in [1.165, 1.54) is 12.1 Å². The Labute approximate surface area is 132 Å². The third-order valence-corrected chi connectivity index (χ3v) is 4.18. The molecule has 1 unspecified atom stereocenters. The molecule has 4 nitrogen and oxygen atoms in total. The third kappa shape index (κ3) is 2.04. The molecule has 0 radical (unpaired) electrons. The first kappa shape index (κ1) is 14.8. The fraction of sp³-hybridized carbons (Fsp3) is 0.250. The van der Waals surface area contributed by atoms with Gasteiger partial charge in [-0.1, -0.05) is 17.7 Å². The number of fused-ring (bicyclic) bond motifs is 1. The lowest BCUT2D eigenvalue weighted by Crippen LogP contribution is -2.33. The van der Waals surface area contributed by atoms with Crippen molar-refractivity contribution in [3.63, 3.8) is 0 Å². The molecule has 1 aliphatic rings. The lowest BCUT2D eigenvalue weighted by molar-refractivity contribution is -0.119. The third-order valence-electron chi connectivity index (χ3n) is 3.89. The molecule has 0 bridgehead atoms. The number of halogens is 2. The predicted octanol–water partition coefficient (Wildman–Crippen LogP) is 3.53. The van der Waals surface area contributed by atoms with Gasteiger partial charge in [-0.05, 0) is 37.6 Å². The number of carbonyl (C=O) groups excluding carboxylic acids is 1. The normalized spacial score (nSPS) is 19.7. The van der Waals surface area contributed by atoms with E-state index >= 15 is 0 Å². The molecule has 0 saturated heterocycles. The van der Waals surface area contributed by atoms with Crippen molar-refractivity contribution >= 4 is 23.2 Å². The van der Waals surface area contributed by atoms with Crippen LogP contribution in [0.5, 0.6) is 5.88 Å². The monoisotopic (exact) mass is 320 g/mol. The number of hydrogen-bond acceptors (Lipinski definition) is 3. The van der Waals surface area contributed by atoms with Crippen LogP contribution in [-0.2, 0) is 10.2 Å². The maximum absolute atomic E-state index is 13.6. The highest BCUT2D eigenvalue weighted by atomic mass is 35.5. The summed E-state index contributed by atoms with van der Waals surface area (Å²) in [5, 5.41) is 2.68. The second-order valence-corrected chi connectivity index (χ2v) is 5.59. The van der Waals surface area contributed by atoms with E-state index in [1.807, 2.05) is 6.92 Å². The molecule has 22 heavy (non-hydrogen) atoms. The number of ether oxygens (including phenoxy) is 1. The molecule has 1 aromatic heterocycles. The van der Waals surface area contributed by atoms with E-state index in [0.717, 1.165) is 0 Å². The second-order valence-electron chi connectivity index (χ2n) is 5.18. The number of pyridine rings is 1. The summed E-state index contributed by atoms with van der Waals surface area (Å²) < 4.78 is 19.2. The smallest absolute Gasteiger partial charge is 0.239 e.